The first-order valence-electron chi connectivity index (χ1n) is 6.73. The molecule has 1 aromatic carbocycles. The number of rotatable bonds is 2. The van der Waals surface area contributed by atoms with Crippen molar-refractivity contribution >= 4 is 27.5 Å². The number of nitrogens with zero attached hydrogens (tertiary/aromatic N) is 4. The van der Waals surface area contributed by atoms with Crippen LogP contribution in [0.2, 0.25) is 0 Å². The standard InChI is InChI=1S/C15H16N4O2S/c1-9-5-6-11(21-4)12-13(9)22-15(18(12)2)17-14(20)10-7-8-16-19(10)3/h5-8H,1-4H3. The predicted octanol–water partition coefficient (Wildman–Crippen LogP) is 2.03. The third-order valence-corrected chi connectivity index (χ3v) is 4.83. The SMILES string of the molecule is COc1ccc(C)c2sc(=NC(=O)c3ccnn3C)n(C)c12. The molecule has 0 spiro atoms. The molecule has 7 heteroatoms. The number of ether oxygens (including phenoxy) is 1. The Morgan fingerprint density at radius 1 is 1.32 bits per heavy atom. The van der Waals surface area contributed by atoms with Crippen LogP contribution in [0.4, 0.5) is 0 Å². The first-order chi connectivity index (χ1) is 10.5. The second-order valence-electron chi connectivity index (χ2n) is 4.96. The number of hydrogen-bond donors (Lipinski definition) is 0. The zero-order chi connectivity index (χ0) is 15.9. The van der Waals surface area contributed by atoms with Crippen LogP contribution in [-0.2, 0) is 14.1 Å². The van der Waals surface area contributed by atoms with Gasteiger partial charge in [-0.25, -0.2) is 0 Å². The van der Waals surface area contributed by atoms with Crippen LogP contribution in [0, 0.1) is 6.92 Å². The van der Waals surface area contributed by atoms with E-state index in [1.165, 1.54) is 16.0 Å². The molecule has 2 heterocycles. The molecule has 0 saturated carbocycles. The molecule has 0 aliphatic rings. The van der Waals surface area contributed by atoms with Crippen LogP contribution in [0.3, 0.4) is 0 Å². The molecule has 0 aliphatic carbocycles. The van der Waals surface area contributed by atoms with E-state index in [1.54, 1.807) is 26.4 Å². The van der Waals surface area contributed by atoms with Crippen molar-refractivity contribution in [2.24, 2.45) is 19.1 Å². The van der Waals surface area contributed by atoms with Crippen LogP contribution in [-0.4, -0.2) is 27.4 Å². The van der Waals surface area contributed by atoms with E-state index in [9.17, 15) is 4.79 Å². The first kappa shape index (κ1) is 14.5. The van der Waals surface area contributed by atoms with Gasteiger partial charge in [0.25, 0.3) is 5.91 Å². The molecule has 0 fully saturated rings. The van der Waals surface area contributed by atoms with Gasteiger partial charge in [-0.1, -0.05) is 17.4 Å². The Hall–Kier alpha value is -2.41. The summed E-state index contributed by atoms with van der Waals surface area (Å²) in [5, 5.41) is 4.00. The van der Waals surface area contributed by atoms with Crippen molar-refractivity contribution in [3.8, 4) is 5.75 Å². The van der Waals surface area contributed by atoms with Crippen LogP contribution in [0.5, 0.6) is 5.75 Å². The number of benzene rings is 1. The lowest BCUT2D eigenvalue weighted by atomic mass is 10.2. The van der Waals surface area contributed by atoms with Crippen LogP contribution in [0.1, 0.15) is 16.1 Å². The number of fused-ring (bicyclic) bond motifs is 1. The summed E-state index contributed by atoms with van der Waals surface area (Å²) in [5.41, 5.74) is 2.54. The summed E-state index contributed by atoms with van der Waals surface area (Å²) in [5.74, 6) is 0.465. The molecule has 0 N–H and O–H groups in total. The number of carbonyl (C=O) groups is 1. The van der Waals surface area contributed by atoms with Crippen molar-refractivity contribution in [3.63, 3.8) is 0 Å². The normalized spacial score (nSPS) is 12.1. The van der Waals surface area contributed by atoms with Crippen molar-refractivity contribution in [3.05, 3.63) is 40.5 Å². The van der Waals surface area contributed by atoms with Crippen LogP contribution >= 0.6 is 11.3 Å². The molecule has 22 heavy (non-hydrogen) atoms. The number of aryl methyl sites for hydroxylation is 3. The van der Waals surface area contributed by atoms with Gasteiger partial charge in [-0.3, -0.25) is 9.48 Å². The summed E-state index contributed by atoms with van der Waals surface area (Å²) in [6.45, 7) is 2.03. The zero-order valence-electron chi connectivity index (χ0n) is 12.8. The van der Waals surface area contributed by atoms with Crippen LogP contribution in [0.25, 0.3) is 10.2 Å². The maximum Gasteiger partial charge on any atom is 0.297 e. The molecular formula is C15H16N4O2S. The van der Waals surface area contributed by atoms with E-state index >= 15 is 0 Å². The Labute approximate surface area is 131 Å². The minimum absolute atomic E-state index is 0.307. The van der Waals surface area contributed by atoms with E-state index in [-0.39, 0.29) is 5.91 Å². The highest BCUT2D eigenvalue weighted by Gasteiger charge is 2.13. The van der Waals surface area contributed by atoms with Gasteiger partial charge >= 0.3 is 0 Å². The van der Waals surface area contributed by atoms with Gasteiger partial charge in [0.15, 0.2) is 4.80 Å². The first-order valence-corrected chi connectivity index (χ1v) is 7.54. The molecule has 0 aliphatic heterocycles. The molecule has 0 radical (unpaired) electrons. The third kappa shape index (κ3) is 2.23. The fourth-order valence-electron chi connectivity index (χ4n) is 2.35. The Morgan fingerprint density at radius 2 is 2.09 bits per heavy atom. The van der Waals surface area contributed by atoms with Gasteiger partial charge in [0, 0.05) is 20.3 Å². The number of amides is 1. The topological polar surface area (TPSA) is 61.4 Å². The fourth-order valence-corrected chi connectivity index (χ4v) is 3.45. The summed E-state index contributed by atoms with van der Waals surface area (Å²) in [7, 11) is 5.25. The summed E-state index contributed by atoms with van der Waals surface area (Å²) in [4.78, 5) is 17.2. The summed E-state index contributed by atoms with van der Waals surface area (Å²) >= 11 is 1.48. The monoisotopic (exact) mass is 316 g/mol. The second-order valence-corrected chi connectivity index (χ2v) is 5.94. The van der Waals surface area contributed by atoms with Gasteiger partial charge in [0.2, 0.25) is 0 Å². The highest BCUT2D eigenvalue weighted by atomic mass is 32.1. The van der Waals surface area contributed by atoms with E-state index in [0.29, 0.717) is 10.5 Å². The number of thiazole rings is 1. The number of aromatic nitrogens is 3. The quantitative estimate of drug-likeness (QED) is 0.727. The lowest BCUT2D eigenvalue weighted by molar-refractivity contribution is 0.0989. The van der Waals surface area contributed by atoms with Crippen LogP contribution < -0.4 is 9.54 Å². The van der Waals surface area contributed by atoms with E-state index < -0.39 is 0 Å². The molecule has 0 bridgehead atoms. The van der Waals surface area contributed by atoms with Gasteiger partial charge in [-0.05, 0) is 24.6 Å². The second kappa shape index (κ2) is 5.42. The van der Waals surface area contributed by atoms with Crippen molar-refractivity contribution in [2.75, 3.05) is 7.11 Å². The smallest absolute Gasteiger partial charge is 0.297 e. The summed E-state index contributed by atoms with van der Waals surface area (Å²) < 4.78 is 9.89. The summed E-state index contributed by atoms with van der Waals surface area (Å²) in [6.07, 6.45) is 1.58. The van der Waals surface area contributed by atoms with Crippen molar-refractivity contribution < 1.29 is 9.53 Å². The molecule has 0 atom stereocenters. The Morgan fingerprint density at radius 3 is 2.73 bits per heavy atom. The van der Waals surface area contributed by atoms with Gasteiger partial charge < -0.3 is 9.30 Å². The lowest BCUT2D eigenvalue weighted by Gasteiger charge is -2.05. The highest BCUT2D eigenvalue weighted by molar-refractivity contribution is 7.16. The number of methoxy groups -OCH3 is 1. The van der Waals surface area contributed by atoms with Gasteiger partial charge in [-0.2, -0.15) is 10.1 Å². The average Bonchev–Trinajstić information content (AvgIpc) is 3.06. The highest BCUT2D eigenvalue weighted by Crippen LogP contribution is 2.29. The van der Waals surface area contributed by atoms with Gasteiger partial charge in [0.05, 0.1) is 11.8 Å². The lowest BCUT2D eigenvalue weighted by Crippen LogP contribution is -2.15. The van der Waals surface area contributed by atoms with E-state index in [2.05, 4.69) is 10.1 Å². The maximum absolute atomic E-state index is 12.3. The Bertz CT molecular complexity index is 933. The zero-order valence-corrected chi connectivity index (χ0v) is 13.6. The number of carbonyl (C=O) groups excluding carboxylic acids is 1. The molecule has 1 amide bonds. The average molecular weight is 316 g/mol. The summed E-state index contributed by atoms with van der Waals surface area (Å²) in [6, 6.07) is 5.59. The molecule has 3 rings (SSSR count). The molecule has 3 aromatic rings. The van der Waals surface area contributed by atoms with E-state index in [1.807, 2.05) is 30.7 Å². The molecular weight excluding hydrogens is 300 g/mol. The van der Waals surface area contributed by atoms with Crippen molar-refractivity contribution in [2.45, 2.75) is 6.92 Å². The van der Waals surface area contributed by atoms with Gasteiger partial charge in [0.1, 0.15) is 17.0 Å². The minimum Gasteiger partial charge on any atom is -0.495 e. The van der Waals surface area contributed by atoms with E-state index in [4.69, 9.17) is 4.74 Å². The maximum atomic E-state index is 12.3. The predicted molar refractivity (Wildman–Crippen MR) is 85.2 cm³/mol. The van der Waals surface area contributed by atoms with E-state index in [0.717, 1.165) is 21.5 Å². The fraction of sp³-hybridized carbons (Fsp3) is 0.267. The Balaban J connectivity index is 2.22. The number of hydrogen-bond acceptors (Lipinski definition) is 4. The van der Waals surface area contributed by atoms with Crippen LogP contribution in [0.15, 0.2) is 29.4 Å². The Kier molecular flexibility index (Phi) is 3.58. The third-order valence-electron chi connectivity index (χ3n) is 3.56. The van der Waals surface area contributed by atoms with Crippen molar-refractivity contribution in [1.82, 2.24) is 14.3 Å². The minimum atomic E-state index is -0.307. The van der Waals surface area contributed by atoms with Gasteiger partial charge in [-0.15, -0.1) is 0 Å². The molecule has 2 aromatic heterocycles. The largest absolute Gasteiger partial charge is 0.495 e. The molecule has 0 unspecified atom stereocenters. The molecule has 0 saturated heterocycles. The molecule has 114 valence electrons. The molecule has 6 nitrogen and oxygen atoms in total. The van der Waals surface area contributed by atoms with Crippen molar-refractivity contribution in [1.29, 1.82) is 0 Å².